The van der Waals surface area contributed by atoms with Crippen molar-refractivity contribution in [3.63, 3.8) is 0 Å². The highest BCUT2D eigenvalue weighted by atomic mass is 16.5. The second-order valence-electron chi connectivity index (χ2n) is 6.84. The van der Waals surface area contributed by atoms with Crippen molar-refractivity contribution < 1.29 is 14.0 Å². The Kier molecular flexibility index (Phi) is 6.50. The van der Waals surface area contributed by atoms with Gasteiger partial charge in [0.1, 0.15) is 0 Å². The Hall–Kier alpha value is -2.08. The normalized spacial score (nSPS) is 20.1. The second kappa shape index (κ2) is 9.03. The van der Waals surface area contributed by atoms with Crippen LogP contribution >= 0.6 is 0 Å². The lowest BCUT2D eigenvalue weighted by molar-refractivity contribution is 0.282. The quantitative estimate of drug-likeness (QED) is 0.778. The zero-order chi connectivity index (χ0) is 18.4. The number of nitrogens with one attached hydrogen (secondary N) is 1. The maximum absolute atomic E-state index is 5.41. The van der Waals surface area contributed by atoms with E-state index in [0.29, 0.717) is 12.0 Å². The summed E-state index contributed by atoms with van der Waals surface area (Å²) in [7, 11) is 3.33. The Bertz CT molecular complexity index is 693. The molecule has 0 spiro atoms. The molecule has 1 fully saturated rings. The van der Waals surface area contributed by atoms with Crippen LogP contribution in [0.25, 0.3) is 0 Å². The molecule has 0 amide bonds. The molecule has 0 saturated heterocycles. The lowest BCUT2D eigenvalue weighted by Crippen LogP contribution is -2.34. The molecular formula is C20H29N3O3. The van der Waals surface area contributed by atoms with E-state index in [1.165, 1.54) is 5.56 Å². The summed E-state index contributed by atoms with van der Waals surface area (Å²) in [6.45, 7) is 3.01. The summed E-state index contributed by atoms with van der Waals surface area (Å²) in [5.41, 5.74) is 1.25. The van der Waals surface area contributed by atoms with Crippen molar-refractivity contribution in [2.24, 2.45) is 0 Å². The zero-order valence-corrected chi connectivity index (χ0v) is 16.0. The summed E-state index contributed by atoms with van der Waals surface area (Å²) < 4.78 is 16.1. The molecule has 1 aliphatic carbocycles. The number of hydrogen-bond donors (Lipinski definition) is 1. The first-order valence-electron chi connectivity index (χ1n) is 9.50. The molecule has 1 heterocycles. The van der Waals surface area contributed by atoms with Crippen LogP contribution in [0.15, 0.2) is 22.7 Å². The van der Waals surface area contributed by atoms with Crippen LogP contribution in [0.1, 0.15) is 55.8 Å². The minimum Gasteiger partial charge on any atom is -0.493 e. The van der Waals surface area contributed by atoms with Crippen molar-refractivity contribution in [2.45, 2.75) is 57.4 Å². The van der Waals surface area contributed by atoms with Crippen molar-refractivity contribution in [3.8, 4) is 11.5 Å². The van der Waals surface area contributed by atoms with Crippen LogP contribution in [-0.4, -0.2) is 36.9 Å². The molecule has 0 unspecified atom stereocenters. The van der Waals surface area contributed by atoms with Crippen LogP contribution in [0.3, 0.4) is 0 Å². The molecule has 1 aromatic carbocycles. The largest absolute Gasteiger partial charge is 0.493 e. The van der Waals surface area contributed by atoms with Gasteiger partial charge in [-0.15, -0.1) is 0 Å². The van der Waals surface area contributed by atoms with Gasteiger partial charge in [-0.1, -0.05) is 18.1 Å². The summed E-state index contributed by atoms with van der Waals surface area (Å²) in [5.74, 6) is 3.62. The number of benzene rings is 1. The van der Waals surface area contributed by atoms with E-state index in [-0.39, 0.29) is 0 Å². The van der Waals surface area contributed by atoms with Crippen LogP contribution in [-0.2, 0) is 12.8 Å². The molecule has 0 bridgehead atoms. The third-order valence-corrected chi connectivity index (χ3v) is 5.17. The van der Waals surface area contributed by atoms with E-state index in [0.717, 1.165) is 68.3 Å². The van der Waals surface area contributed by atoms with Gasteiger partial charge in [0.15, 0.2) is 17.3 Å². The van der Waals surface area contributed by atoms with Crippen molar-refractivity contribution >= 4 is 0 Å². The van der Waals surface area contributed by atoms with Crippen molar-refractivity contribution in [1.29, 1.82) is 0 Å². The van der Waals surface area contributed by atoms with Gasteiger partial charge in [-0.3, -0.25) is 0 Å². The fourth-order valence-corrected chi connectivity index (χ4v) is 3.58. The van der Waals surface area contributed by atoms with Crippen LogP contribution < -0.4 is 14.8 Å². The minimum atomic E-state index is 0.423. The topological polar surface area (TPSA) is 69.4 Å². The molecule has 0 radical (unpaired) electrons. The molecule has 6 heteroatoms. The maximum Gasteiger partial charge on any atom is 0.229 e. The summed E-state index contributed by atoms with van der Waals surface area (Å²) in [6.07, 6.45) is 6.33. The number of ether oxygens (including phenoxy) is 2. The van der Waals surface area contributed by atoms with Crippen molar-refractivity contribution in [3.05, 3.63) is 35.5 Å². The van der Waals surface area contributed by atoms with Gasteiger partial charge in [0.05, 0.1) is 14.2 Å². The van der Waals surface area contributed by atoms with Crippen LogP contribution in [0.5, 0.6) is 11.5 Å². The second-order valence-corrected chi connectivity index (χ2v) is 6.84. The molecule has 1 aliphatic rings. The Morgan fingerprint density at radius 3 is 2.54 bits per heavy atom. The molecule has 1 N–H and O–H groups in total. The number of aromatic nitrogens is 2. The van der Waals surface area contributed by atoms with E-state index in [4.69, 9.17) is 14.0 Å². The summed E-state index contributed by atoms with van der Waals surface area (Å²) in [5, 5.41) is 7.70. The van der Waals surface area contributed by atoms with E-state index in [1.54, 1.807) is 14.2 Å². The zero-order valence-electron chi connectivity index (χ0n) is 16.0. The van der Waals surface area contributed by atoms with Gasteiger partial charge in [-0.05, 0) is 56.3 Å². The van der Waals surface area contributed by atoms with Crippen LogP contribution in [0.2, 0.25) is 0 Å². The lowest BCUT2D eigenvalue weighted by Gasteiger charge is -2.27. The Balaban J connectivity index is 1.42. The van der Waals surface area contributed by atoms with E-state index < -0.39 is 0 Å². The molecular weight excluding hydrogens is 330 g/mol. The summed E-state index contributed by atoms with van der Waals surface area (Å²) >= 11 is 0. The third kappa shape index (κ3) is 4.55. The molecule has 1 aromatic heterocycles. The monoisotopic (exact) mass is 359 g/mol. The molecule has 2 aromatic rings. The molecule has 3 rings (SSSR count). The van der Waals surface area contributed by atoms with Gasteiger partial charge in [0, 0.05) is 18.4 Å². The number of nitrogens with zero attached hydrogens (tertiary/aromatic N) is 2. The Labute approximate surface area is 155 Å². The number of aryl methyl sites for hydroxylation is 1. The Morgan fingerprint density at radius 2 is 1.88 bits per heavy atom. The molecule has 26 heavy (non-hydrogen) atoms. The SMILES string of the molecule is CCc1noc(C2CCC(NCCc3ccc(OC)c(OC)c3)CC2)n1. The van der Waals surface area contributed by atoms with Crippen LogP contribution in [0, 0.1) is 0 Å². The van der Waals surface area contributed by atoms with Crippen molar-refractivity contribution in [2.75, 3.05) is 20.8 Å². The van der Waals surface area contributed by atoms with Gasteiger partial charge >= 0.3 is 0 Å². The molecule has 1 saturated carbocycles. The van der Waals surface area contributed by atoms with E-state index >= 15 is 0 Å². The van der Waals surface area contributed by atoms with E-state index in [9.17, 15) is 0 Å². The molecule has 0 aliphatic heterocycles. The molecule has 142 valence electrons. The van der Waals surface area contributed by atoms with E-state index in [2.05, 4.69) is 27.6 Å². The highest BCUT2D eigenvalue weighted by Gasteiger charge is 2.26. The fraction of sp³-hybridized carbons (Fsp3) is 0.600. The standard InChI is InChI=1S/C20H29N3O3/c1-4-19-22-20(26-23-19)15-6-8-16(9-7-15)21-12-11-14-5-10-17(24-2)18(13-14)25-3/h5,10,13,15-16,21H,4,6-9,11-12H2,1-3H3. The third-order valence-electron chi connectivity index (χ3n) is 5.17. The van der Waals surface area contributed by atoms with Gasteiger partial charge in [-0.2, -0.15) is 4.98 Å². The number of methoxy groups -OCH3 is 2. The predicted molar refractivity (Wildman–Crippen MR) is 99.9 cm³/mol. The van der Waals surface area contributed by atoms with Crippen LogP contribution in [0.4, 0.5) is 0 Å². The van der Waals surface area contributed by atoms with Gasteiger partial charge in [0.2, 0.25) is 5.89 Å². The number of rotatable bonds is 8. The van der Waals surface area contributed by atoms with Crippen molar-refractivity contribution in [1.82, 2.24) is 15.5 Å². The van der Waals surface area contributed by atoms with Gasteiger partial charge < -0.3 is 19.3 Å². The van der Waals surface area contributed by atoms with Gasteiger partial charge in [0.25, 0.3) is 0 Å². The highest BCUT2D eigenvalue weighted by molar-refractivity contribution is 5.42. The van der Waals surface area contributed by atoms with Gasteiger partial charge in [-0.25, -0.2) is 0 Å². The lowest BCUT2D eigenvalue weighted by atomic mass is 9.86. The predicted octanol–water partition coefficient (Wildman–Crippen LogP) is 3.51. The minimum absolute atomic E-state index is 0.423. The highest BCUT2D eigenvalue weighted by Crippen LogP contribution is 2.32. The first kappa shape index (κ1) is 18.7. The average Bonchev–Trinajstić information content (AvgIpc) is 3.17. The first-order chi connectivity index (χ1) is 12.7. The first-order valence-corrected chi connectivity index (χ1v) is 9.50. The smallest absolute Gasteiger partial charge is 0.229 e. The fourth-order valence-electron chi connectivity index (χ4n) is 3.58. The Morgan fingerprint density at radius 1 is 1.12 bits per heavy atom. The summed E-state index contributed by atoms with van der Waals surface area (Å²) in [6, 6.07) is 6.69. The molecule has 6 nitrogen and oxygen atoms in total. The average molecular weight is 359 g/mol. The van der Waals surface area contributed by atoms with E-state index in [1.807, 2.05) is 13.0 Å². The maximum atomic E-state index is 5.41. The summed E-state index contributed by atoms with van der Waals surface area (Å²) in [4.78, 5) is 4.49. The number of hydrogen-bond acceptors (Lipinski definition) is 6. The molecule has 0 atom stereocenters.